The zero-order valence-corrected chi connectivity index (χ0v) is 17.1. The third kappa shape index (κ3) is 5.42. The van der Waals surface area contributed by atoms with Crippen LogP contribution in [0.4, 0.5) is 4.39 Å². The monoisotopic (exact) mass is 456 g/mol. The predicted molar refractivity (Wildman–Crippen MR) is 113 cm³/mol. The number of ether oxygens (including phenoxy) is 2. The van der Waals surface area contributed by atoms with Crippen LogP contribution in [0.5, 0.6) is 11.5 Å². The lowest BCUT2D eigenvalue weighted by atomic mass is 10.2. The van der Waals surface area contributed by atoms with Crippen LogP contribution in [0.2, 0.25) is 0 Å². The van der Waals surface area contributed by atoms with Crippen LogP contribution in [-0.2, 0) is 6.61 Å². The summed E-state index contributed by atoms with van der Waals surface area (Å²) in [6.07, 6.45) is 1.43. The first-order valence-electron chi connectivity index (χ1n) is 8.70. The second kappa shape index (κ2) is 9.84. The van der Waals surface area contributed by atoms with Gasteiger partial charge in [-0.3, -0.25) is 4.79 Å². The molecule has 148 valence electrons. The smallest absolute Gasteiger partial charge is 0.274 e. The first-order valence-corrected chi connectivity index (χ1v) is 9.50. The maximum absolute atomic E-state index is 13.7. The van der Waals surface area contributed by atoms with E-state index >= 15 is 0 Å². The molecule has 0 unspecified atom stereocenters. The van der Waals surface area contributed by atoms with Gasteiger partial charge in [-0.2, -0.15) is 5.10 Å². The molecule has 29 heavy (non-hydrogen) atoms. The largest absolute Gasteiger partial charge is 0.493 e. The number of halogens is 2. The lowest BCUT2D eigenvalue weighted by Crippen LogP contribution is -2.19. The zero-order chi connectivity index (χ0) is 20.6. The Labute approximate surface area is 176 Å². The molecule has 0 fully saturated rings. The third-order valence-electron chi connectivity index (χ3n) is 4.01. The van der Waals surface area contributed by atoms with Gasteiger partial charge in [-0.15, -0.1) is 0 Å². The normalized spacial score (nSPS) is 10.7. The molecule has 0 radical (unpaired) electrons. The molecule has 3 aromatic carbocycles. The second-order valence-corrected chi connectivity index (χ2v) is 6.89. The van der Waals surface area contributed by atoms with Gasteiger partial charge >= 0.3 is 0 Å². The quantitative estimate of drug-likeness (QED) is 0.404. The van der Waals surface area contributed by atoms with Crippen molar-refractivity contribution in [3.05, 3.63) is 93.7 Å². The second-order valence-electron chi connectivity index (χ2n) is 5.97. The number of rotatable bonds is 7. The highest BCUT2D eigenvalue weighted by Crippen LogP contribution is 2.31. The van der Waals surface area contributed by atoms with Gasteiger partial charge < -0.3 is 9.47 Å². The first-order chi connectivity index (χ1) is 14.1. The molecule has 0 aliphatic carbocycles. The molecule has 1 N–H and O–H groups in total. The van der Waals surface area contributed by atoms with E-state index in [1.165, 1.54) is 24.4 Å². The SMILES string of the molecule is COc1cccc(C=NNC(=O)c2ccccc2F)c1OCc1ccc(Br)cc1. The molecule has 0 saturated heterocycles. The van der Waals surface area contributed by atoms with E-state index < -0.39 is 11.7 Å². The van der Waals surface area contributed by atoms with Crippen molar-refractivity contribution in [1.82, 2.24) is 5.43 Å². The number of hydrogen-bond acceptors (Lipinski definition) is 4. The minimum atomic E-state index is -0.639. The summed E-state index contributed by atoms with van der Waals surface area (Å²) < 4.78 is 26.0. The molecule has 0 saturated carbocycles. The summed E-state index contributed by atoms with van der Waals surface area (Å²) >= 11 is 3.40. The van der Waals surface area contributed by atoms with E-state index in [4.69, 9.17) is 9.47 Å². The van der Waals surface area contributed by atoms with E-state index in [0.29, 0.717) is 23.7 Å². The summed E-state index contributed by atoms with van der Waals surface area (Å²) in [5.74, 6) is -0.229. The number of carbonyl (C=O) groups excluding carboxylic acids is 1. The lowest BCUT2D eigenvalue weighted by Gasteiger charge is -2.13. The third-order valence-corrected chi connectivity index (χ3v) is 4.54. The Morgan fingerprint density at radius 2 is 1.86 bits per heavy atom. The Kier molecular flexibility index (Phi) is 6.97. The van der Waals surface area contributed by atoms with E-state index in [1.807, 2.05) is 24.3 Å². The van der Waals surface area contributed by atoms with Crippen molar-refractivity contribution in [2.24, 2.45) is 5.10 Å². The number of amides is 1. The standard InChI is InChI=1S/C22H18BrFN2O3/c1-28-20-8-4-5-16(21(20)29-14-15-9-11-17(23)12-10-15)13-25-26-22(27)18-6-2-3-7-19(18)24/h2-13H,14H2,1H3,(H,26,27). The van der Waals surface area contributed by atoms with Crippen LogP contribution in [0.1, 0.15) is 21.5 Å². The highest BCUT2D eigenvalue weighted by atomic mass is 79.9. The Morgan fingerprint density at radius 3 is 2.59 bits per heavy atom. The van der Waals surface area contributed by atoms with Gasteiger partial charge in [0.1, 0.15) is 12.4 Å². The molecule has 5 nitrogen and oxygen atoms in total. The average Bonchev–Trinajstić information content (AvgIpc) is 2.74. The molecule has 0 spiro atoms. The number of nitrogens with one attached hydrogen (secondary N) is 1. The van der Waals surface area contributed by atoms with E-state index in [1.54, 1.807) is 31.4 Å². The number of nitrogens with zero attached hydrogens (tertiary/aromatic N) is 1. The average molecular weight is 457 g/mol. The highest BCUT2D eigenvalue weighted by Gasteiger charge is 2.11. The molecule has 7 heteroatoms. The minimum absolute atomic E-state index is 0.0815. The van der Waals surface area contributed by atoms with Gasteiger partial charge in [0.15, 0.2) is 11.5 Å². The number of hydrogen-bond donors (Lipinski definition) is 1. The summed E-state index contributed by atoms with van der Waals surface area (Å²) in [4.78, 5) is 12.1. The van der Waals surface area contributed by atoms with Gasteiger partial charge in [-0.25, -0.2) is 9.82 Å². The molecule has 0 aliphatic rings. The fraction of sp³-hybridized carbons (Fsp3) is 0.0909. The van der Waals surface area contributed by atoms with Crippen molar-refractivity contribution in [2.45, 2.75) is 6.61 Å². The van der Waals surface area contributed by atoms with Crippen LogP contribution in [0.25, 0.3) is 0 Å². The Bertz CT molecular complexity index is 1020. The van der Waals surface area contributed by atoms with Crippen LogP contribution < -0.4 is 14.9 Å². The van der Waals surface area contributed by atoms with E-state index in [0.717, 1.165) is 10.0 Å². The lowest BCUT2D eigenvalue weighted by molar-refractivity contribution is 0.0951. The minimum Gasteiger partial charge on any atom is -0.493 e. The fourth-order valence-electron chi connectivity index (χ4n) is 2.55. The van der Waals surface area contributed by atoms with Crippen LogP contribution in [0, 0.1) is 5.82 Å². The molecular formula is C22H18BrFN2O3. The molecule has 0 aromatic heterocycles. The number of methoxy groups -OCH3 is 1. The Balaban J connectivity index is 1.74. The van der Waals surface area contributed by atoms with Gasteiger partial charge in [-0.05, 0) is 42.0 Å². The van der Waals surface area contributed by atoms with Gasteiger partial charge in [0.2, 0.25) is 0 Å². The number of carbonyl (C=O) groups is 1. The molecule has 0 atom stereocenters. The van der Waals surface area contributed by atoms with Crippen molar-refractivity contribution in [3.63, 3.8) is 0 Å². The van der Waals surface area contributed by atoms with Crippen LogP contribution >= 0.6 is 15.9 Å². The first kappa shape index (κ1) is 20.5. The van der Waals surface area contributed by atoms with Crippen molar-refractivity contribution in [1.29, 1.82) is 0 Å². The molecule has 3 aromatic rings. The van der Waals surface area contributed by atoms with Crippen molar-refractivity contribution < 1.29 is 18.7 Å². The van der Waals surface area contributed by atoms with Crippen molar-refractivity contribution in [2.75, 3.05) is 7.11 Å². The maximum Gasteiger partial charge on any atom is 0.274 e. The van der Waals surface area contributed by atoms with Gasteiger partial charge in [-0.1, -0.05) is 46.3 Å². The van der Waals surface area contributed by atoms with Crippen LogP contribution in [0.15, 0.2) is 76.3 Å². The number of para-hydroxylation sites is 1. The maximum atomic E-state index is 13.7. The highest BCUT2D eigenvalue weighted by molar-refractivity contribution is 9.10. The van der Waals surface area contributed by atoms with Gasteiger partial charge in [0.25, 0.3) is 5.91 Å². The fourth-order valence-corrected chi connectivity index (χ4v) is 2.82. The summed E-state index contributed by atoms with van der Waals surface area (Å²) in [7, 11) is 1.54. The summed E-state index contributed by atoms with van der Waals surface area (Å²) in [6, 6.07) is 18.8. The number of hydrazone groups is 1. The summed E-state index contributed by atoms with van der Waals surface area (Å²) in [5, 5.41) is 3.93. The summed E-state index contributed by atoms with van der Waals surface area (Å²) in [5.41, 5.74) is 3.83. The van der Waals surface area contributed by atoms with Crippen LogP contribution in [0.3, 0.4) is 0 Å². The van der Waals surface area contributed by atoms with E-state index in [2.05, 4.69) is 26.5 Å². The van der Waals surface area contributed by atoms with Crippen molar-refractivity contribution >= 4 is 28.1 Å². The van der Waals surface area contributed by atoms with Crippen LogP contribution in [-0.4, -0.2) is 19.2 Å². The number of benzene rings is 3. The molecule has 0 bridgehead atoms. The van der Waals surface area contributed by atoms with Crippen molar-refractivity contribution in [3.8, 4) is 11.5 Å². The topological polar surface area (TPSA) is 59.9 Å². The predicted octanol–water partition coefficient (Wildman–Crippen LogP) is 4.94. The molecule has 1 amide bonds. The summed E-state index contributed by atoms with van der Waals surface area (Å²) in [6.45, 7) is 0.329. The van der Waals surface area contributed by atoms with E-state index in [-0.39, 0.29) is 5.56 Å². The van der Waals surface area contributed by atoms with Gasteiger partial charge in [0, 0.05) is 10.0 Å². The molecule has 0 aliphatic heterocycles. The molecule has 0 heterocycles. The molecular weight excluding hydrogens is 439 g/mol. The Hall–Kier alpha value is -3.19. The molecule has 3 rings (SSSR count). The Morgan fingerprint density at radius 1 is 1.10 bits per heavy atom. The zero-order valence-electron chi connectivity index (χ0n) is 15.6. The van der Waals surface area contributed by atoms with E-state index in [9.17, 15) is 9.18 Å². The van der Waals surface area contributed by atoms with Gasteiger partial charge in [0.05, 0.1) is 18.9 Å².